The first-order chi connectivity index (χ1) is 11.3. The summed E-state index contributed by atoms with van der Waals surface area (Å²) < 4.78 is 10.4. The number of aliphatic imine (C=N–C) groups is 1. The molecule has 0 spiro atoms. The summed E-state index contributed by atoms with van der Waals surface area (Å²) in [6.45, 7) is 11.1. The number of piperidine rings is 1. The van der Waals surface area contributed by atoms with E-state index in [0.29, 0.717) is 19.8 Å². The van der Waals surface area contributed by atoms with Gasteiger partial charge in [-0.2, -0.15) is 0 Å². The molecule has 0 aliphatic carbocycles. The van der Waals surface area contributed by atoms with Crippen LogP contribution in [0.1, 0.15) is 39.5 Å². The number of nitrogens with one attached hydrogen (secondary N) is 2. The van der Waals surface area contributed by atoms with Gasteiger partial charge in [-0.3, -0.25) is 9.89 Å². The predicted molar refractivity (Wildman–Crippen MR) is 112 cm³/mol. The molecule has 1 heterocycles. The predicted octanol–water partition coefficient (Wildman–Crippen LogP) is 2.09. The van der Waals surface area contributed by atoms with Gasteiger partial charge < -0.3 is 20.1 Å². The van der Waals surface area contributed by atoms with Crippen molar-refractivity contribution in [3.63, 3.8) is 0 Å². The number of likely N-dealkylation sites (tertiary alicyclic amines) is 1. The molecule has 0 amide bonds. The summed E-state index contributed by atoms with van der Waals surface area (Å²) in [5.41, 5.74) is 0. The molecule has 1 aliphatic rings. The first-order valence-electron chi connectivity index (χ1n) is 9.14. The van der Waals surface area contributed by atoms with E-state index in [0.717, 1.165) is 38.2 Å². The normalized spacial score (nSPS) is 19.0. The first-order valence-corrected chi connectivity index (χ1v) is 9.14. The highest BCUT2D eigenvalue weighted by atomic mass is 127. The third kappa shape index (κ3) is 10.7. The third-order valence-electron chi connectivity index (χ3n) is 4.19. The number of nitrogens with zero attached hydrogens (tertiary/aromatic N) is 2. The van der Waals surface area contributed by atoms with Gasteiger partial charge in [0.2, 0.25) is 0 Å². The smallest absolute Gasteiger partial charge is 0.191 e. The van der Waals surface area contributed by atoms with Gasteiger partial charge in [-0.25, -0.2) is 0 Å². The molecule has 0 bridgehead atoms. The summed E-state index contributed by atoms with van der Waals surface area (Å²) in [5.74, 6) is 0.882. The van der Waals surface area contributed by atoms with Crippen LogP contribution in [-0.4, -0.2) is 76.6 Å². The van der Waals surface area contributed by atoms with Crippen LogP contribution in [0.4, 0.5) is 0 Å². The average molecular weight is 456 g/mol. The fourth-order valence-corrected chi connectivity index (χ4v) is 2.93. The number of hydrogen-bond donors (Lipinski definition) is 2. The van der Waals surface area contributed by atoms with Gasteiger partial charge in [0.1, 0.15) is 0 Å². The maximum Gasteiger partial charge on any atom is 0.191 e. The van der Waals surface area contributed by atoms with Crippen LogP contribution in [-0.2, 0) is 9.47 Å². The van der Waals surface area contributed by atoms with Crippen molar-refractivity contribution < 1.29 is 9.47 Å². The number of rotatable bonds is 11. The Bertz CT molecular complexity index is 319. The third-order valence-corrected chi connectivity index (χ3v) is 4.19. The Morgan fingerprint density at radius 3 is 2.71 bits per heavy atom. The van der Waals surface area contributed by atoms with Gasteiger partial charge in [0, 0.05) is 32.8 Å². The molecule has 1 rings (SSSR count). The minimum atomic E-state index is 0. The fourth-order valence-electron chi connectivity index (χ4n) is 2.93. The van der Waals surface area contributed by atoms with E-state index in [1.165, 1.54) is 32.2 Å². The molecule has 1 fully saturated rings. The van der Waals surface area contributed by atoms with Crippen molar-refractivity contribution in [2.75, 3.05) is 59.7 Å². The standard InChI is InChI=1S/C17H36N4O2.HI/c1-4-16-8-6-7-11-21(16)12-9-19-17(18-5-2)20-10-13-23-15-14-22-3;/h16H,4-15H2,1-3H3,(H2,18,19,20);1H. The number of guanidine groups is 1. The van der Waals surface area contributed by atoms with Gasteiger partial charge in [-0.15, -0.1) is 24.0 Å². The molecule has 1 aliphatic heterocycles. The number of ether oxygens (including phenoxy) is 2. The maximum absolute atomic E-state index is 5.45. The monoisotopic (exact) mass is 456 g/mol. The second kappa shape index (κ2) is 16.4. The fraction of sp³-hybridized carbons (Fsp3) is 0.941. The number of halogens is 1. The number of methoxy groups -OCH3 is 1. The van der Waals surface area contributed by atoms with Crippen LogP contribution >= 0.6 is 24.0 Å². The second-order valence-electron chi connectivity index (χ2n) is 5.89. The summed E-state index contributed by atoms with van der Waals surface area (Å²) >= 11 is 0. The van der Waals surface area contributed by atoms with Crippen LogP contribution < -0.4 is 10.6 Å². The van der Waals surface area contributed by atoms with Gasteiger partial charge in [0.15, 0.2) is 5.96 Å². The van der Waals surface area contributed by atoms with Crippen LogP contribution in [0.25, 0.3) is 0 Å². The van der Waals surface area contributed by atoms with Crippen molar-refractivity contribution in [2.24, 2.45) is 4.99 Å². The Kier molecular flexibility index (Phi) is 16.3. The Balaban J connectivity index is 0.00000529. The average Bonchev–Trinajstić information content (AvgIpc) is 2.58. The molecular weight excluding hydrogens is 419 g/mol. The van der Waals surface area contributed by atoms with E-state index in [1.807, 2.05) is 0 Å². The summed E-state index contributed by atoms with van der Waals surface area (Å²) in [4.78, 5) is 7.28. The molecule has 1 saturated heterocycles. The Labute approximate surface area is 165 Å². The summed E-state index contributed by atoms with van der Waals surface area (Å²) in [5, 5.41) is 6.60. The zero-order valence-electron chi connectivity index (χ0n) is 15.7. The van der Waals surface area contributed by atoms with Gasteiger partial charge in [-0.05, 0) is 32.7 Å². The van der Waals surface area contributed by atoms with E-state index in [1.54, 1.807) is 7.11 Å². The summed E-state index contributed by atoms with van der Waals surface area (Å²) in [6.07, 6.45) is 5.31. The van der Waals surface area contributed by atoms with Crippen LogP contribution in [0.15, 0.2) is 4.99 Å². The lowest BCUT2D eigenvalue weighted by Crippen LogP contribution is -2.42. The molecule has 1 atom stereocenters. The van der Waals surface area contributed by atoms with Crippen molar-refractivity contribution in [2.45, 2.75) is 45.6 Å². The molecule has 144 valence electrons. The van der Waals surface area contributed by atoms with Crippen LogP contribution in [0.2, 0.25) is 0 Å². The lowest BCUT2D eigenvalue weighted by Gasteiger charge is -2.34. The highest BCUT2D eigenvalue weighted by molar-refractivity contribution is 14.0. The zero-order chi connectivity index (χ0) is 16.8. The van der Waals surface area contributed by atoms with Gasteiger partial charge in [0.25, 0.3) is 0 Å². The van der Waals surface area contributed by atoms with Gasteiger partial charge >= 0.3 is 0 Å². The van der Waals surface area contributed by atoms with Crippen LogP contribution in [0.3, 0.4) is 0 Å². The minimum absolute atomic E-state index is 0. The van der Waals surface area contributed by atoms with Crippen molar-refractivity contribution in [1.82, 2.24) is 15.5 Å². The van der Waals surface area contributed by atoms with Crippen LogP contribution in [0, 0.1) is 0 Å². The topological polar surface area (TPSA) is 58.1 Å². The molecule has 24 heavy (non-hydrogen) atoms. The van der Waals surface area contributed by atoms with E-state index >= 15 is 0 Å². The van der Waals surface area contributed by atoms with E-state index in [9.17, 15) is 0 Å². The lowest BCUT2D eigenvalue weighted by atomic mass is 10.0. The molecule has 0 aromatic rings. The maximum atomic E-state index is 5.45. The SMILES string of the molecule is CCNC(=NCCN1CCCCC1CC)NCCOCCOC.I. The van der Waals surface area contributed by atoms with Crippen LogP contribution in [0.5, 0.6) is 0 Å². The lowest BCUT2D eigenvalue weighted by molar-refractivity contribution is 0.0733. The molecule has 0 aromatic carbocycles. The molecule has 0 radical (unpaired) electrons. The van der Waals surface area contributed by atoms with Gasteiger partial charge in [-0.1, -0.05) is 13.3 Å². The van der Waals surface area contributed by atoms with Gasteiger partial charge in [0.05, 0.1) is 26.4 Å². The quantitative estimate of drug-likeness (QED) is 0.216. The Hall–Kier alpha value is -0.120. The highest BCUT2D eigenvalue weighted by Gasteiger charge is 2.19. The highest BCUT2D eigenvalue weighted by Crippen LogP contribution is 2.18. The number of hydrogen-bond acceptors (Lipinski definition) is 4. The van der Waals surface area contributed by atoms with Crippen molar-refractivity contribution in [1.29, 1.82) is 0 Å². The zero-order valence-corrected chi connectivity index (χ0v) is 18.0. The van der Waals surface area contributed by atoms with E-state index in [4.69, 9.17) is 9.47 Å². The first kappa shape index (κ1) is 23.9. The van der Waals surface area contributed by atoms with E-state index in [2.05, 4.69) is 34.4 Å². The van der Waals surface area contributed by atoms with E-state index in [-0.39, 0.29) is 24.0 Å². The molecule has 0 aromatic heterocycles. The van der Waals surface area contributed by atoms with Crippen molar-refractivity contribution in [3.8, 4) is 0 Å². The van der Waals surface area contributed by atoms with E-state index < -0.39 is 0 Å². The van der Waals surface area contributed by atoms with Crippen molar-refractivity contribution in [3.05, 3.63) is 0 Å². The largest absolute Gasteiger partial charge is 0.382 e. The minimum Gasteiger partial charge on any atom is -0.382 e. The second-order valence-corrected chi connectivity index (χ2v) is 5.89. The molecule has 7 heteroatoms. The van der Waals surface area contributed by atoms with Crippen molar-refractivity contribution >= 4 is 29.9 Å². The Morgan fingerprint density at radius 2 is 2.00 bits per heavy atom. The molecule has 1 unspecified atom stereocenters. The molecule has 0 saturated carbocycles. The summed E-state index contributed by atoms with van der Waals surface area (Å²) in [6, 6.07) is 0.753. The molecular formula is C17H37IN4O2. The molecule has 2 N–H and O–H groups in total. The Morgan fingerprint density at radius 1 is 1.17 bits per heavy atom. The summed E-state index contributed by atoms with van der Waals surface area (Å²) in [7, 11) is 1.68. The molecule has 6 nitrogen and oxygen atoms in total.